The second-order valence-corrected chi connectivity index (χ2v) is 5.86. The molecule has 0 bridgehead atoms. The molecule has 1 heterocycles. The number of hydrogen-bond acceptors (Lipinski definition) is 2. The third kappa shape index (κ3) is 4.34. The Kier molecular flexibility index (Phi) is 5.60. The SMILES string of the molecule is CCCc1ccc(CCNc2ccc(Br)c(C)n2)cc1. The van der Waals surface area contributed by atoms with Crippen molar-refractivity contribution in [3.05, 3.63) is 57.7 Å². The van der Waals surface area contributed by atoms with E-state index in [0.29, 0.717) is 0 Å². The molecule has 0 amide bonds. The van der Waals surface area contributed by atoms with Crippen LogP contribution in [0.15, 0.2) is 40.9 Å². The topological polar surface area (TPSA) is 24.9 Å². The second kappa shape index (κ2) is 7.44. The van der Waals surface area contributed by atoms with Gasteiger partial charge in [0.05, 0.1) is 5.69 Å². The highest BCUT2D eigenvalue weighted by Crippen LogP contribution is 2.16. The number of nitrogens with zero attached hydrogens (tertiary/aromatic N) is 1. The number of anilines is 1. The highest BCUT2D eigenvalue weighted by Gasteiger charge is 1.99. The zero-order valence-electron chi connectivity index (χ0n) is 12.1. The van der Waals surface area contributed by atoms with Gasteiger partial charge in [-0.25, -0.2) is 4.98 Å². The number of halogens is 1. The maximum absolute atomic E-state index is 4.48. The van der Waals surface area contributed by atoms with E-state index in [2.05, 4.69) is 57.4 Å². The van der Waals surface area contributed by atoms with E-state index < -0.39 is 0 Å². The average Bonchev–Trinajstić information content (AvgIpc) is 2.45. The minimum absolute atomic E-state index is 0.904. The fraction of sp³-hybridized carbons (Fsp3) is 0.353. The average molecular weight is 333 g/mol. The van der Waals surface area contributed by atoms with Gasteiger partial charge in [-0.3, -0.25) is 0 Å². The predicted octanol–water partition coefficient (Wildman–Crippen LogP) is 4.76. The molecule has 20 heavy (non-hydrogen) atoms. The van der Waals surface area contributed by atoms with Crippen molar-refractivity contribution in [1.29, 1.82) is 0 Å². The standard InChI is InChI=1S/C17H21BrN2/c1-3-4-14-5-7-15(8-6-14)11-12-19-17-10-9-16(18)13(2)20-17/h5-10H,3-4,11-12H2,1-2H3,(H,19,20). The van der Waals surface area contributed by atoms with Gasteiger partial charge in [0, 0.05) is 11.0 Å². The third-order valence-corrected chi connectivity index (χ3v) is 4.14. The molecule has 1 N–H and O–H groups in total. The molecule has 2 aromatic rings. The van der Waals surface area contributed by atoms with Gasteiger partial charge >= 0.3 is 0 Å². The first-order valence-corrected chi connectivity index (χ1v) is 7.93. The summed E-state index contributed by atoms with van der Waals surface area (Å²) < 4.78 is 1.05. The first-order chi connectivity index (χ1) is 9.69. The van der Waals surface area contributed by atoms with Crippen molar-refractivity contribution in [3.8, 4) is 0 Å². The van der Waals surface area contributed by atoms with Gasteiger partial charge < -0.3 is 5.32 Å². The Morgan fingerprint density at radius 2 is 1.65 bits per heavy atom. The molecule has 0 aliphatic heterocycles. The van der Waals surface area contributed by atoms with Crippen molar-refractivity contribution in [1.82, 2.24) is 4.98 Å². The molecule has 3 heteroatoms. The van der Waals surface area contributed by atoms with Crippen LogP contribution in [0.2, 0.25) is 0 Å². The minimum atomic E-state index is 0.904. The molecular formula is C17H21BrN2. The van der Waals surface area contributed by atoms with Crippen molar-refractivity contribution in [2.45, 2.75) is 33.1 Å². The number of rotatable bonds is 6. The smallest absolute Gasteiger partial charge is 0.126 e. The van der Waals surface area contributed by atoms with Crippen LogP contribution in [-0.2, 0) is 12.8 Å². The lowest BCUT2D eigenvalue weighted by Crippen LogP contribution is -2.06. The van der Waals surface area contributed by atoms with E-state index >= 15 is 0 Å². The van der Waals surface area contributed by atoms with Crippen LogP contribution in [0, 0.1) is 6.92 Å². The lowest BCUT2D eigenvalue weighted by atomic mass is 10.1. The quantitative estimate of drug-likeness (QED) is 0.824. The second-order valence-electron chi connectivity index (χ2n) is 5.01. The fourth-order valence-corrected chi connectivity index (χ4v) is 2.36. The van der Waals surface area contributed by atoms with Crippen molar-refractivity contribution in [2.24, 2.45) is 0 Å². The van der Waals surface area contributed by atoms with Gasteiger partial charge in [0.2, 0.25) is 0 Å². The molecule has 0 atom stereocenters. The zero-order chi connectivity index (χ0) is 14.4. The summed E-state index contributed by atoms with van der Waals surface area (Å²) in [5.41, 5.74) is 3.81. The number of hydrogen-bond donors (Lipinski definition) is 1. The summed E-state index contributed by atoms with van der Waals surface area (Å²) in [6.07, 6.45) is 3.39. The molecule has 0 saturated heterocycles. The molecule has 0 aliphatic rings. The van der Waals surface area contributed by atoms with Crippen molar-refractivity contribution >= 4 is 21.7 Å². The van der Waals surface area contributed by atoms with Gasteiger partial charge in [-0.05, 0) is 59.0 Å². The molecule has 0 radical (unpaired) electrons. The van der Waals surface area contributed by atoms with Crippen LogP contribution in [0.1, 0.15) is 30.2 Å². The van der Waals surface area contributed by atoms with Crippen LogP contribution < -0.4 is 5.32 Å². The first kappa shape index (κ1) is 15.0. The molecule has 2 rings (SSSR count). The molecule has 1 aromatic carbocycles. The fourth-order valence-electron chi connectivity index (χ4n) is 2.14. The molecule has 106 valence electrons. The van der Waals surface area contributed by atoms with Crippen molar-refractivity contribution in [2.75, 3.05) is 11.9 Å². The molecule has 0 unspecified atom stereocenters. The van der Waals surface area contributed by atoms with Crippen LogP contribution >= 0.6 is 15.9 Å². The Balaban J connectivity index is 1.84. The summed E-state index contributed by atoms with van der Waals surface area (Å²) in [4.78, 5) is 4.48. The third-order valence-electron chi connectivity index (χ3n) is 3.30. The van der Waals surface area contributed by atoms with Crippen molar-refractivity contribution in [3.63, 3.8) is 0 Å². The Morgan fingerprint density at radius 1 is 1.00 bits per heavy atom. The summed E-state index contributed by atoms with van der Waals surface area (Å²) in [6, 6.07) is 13.0. The normalized spacial score (nSPS) is 10.6. The largest absolute Gasteiger partial charge is 0.370 e. The van der Waals surface area contributed by atoms with Crippen LogP contribution in [0.3, 0.4) is 0 Å². The van der Waals surface area contributed by atoms with E-state index in [-0.39, 0.29) is 0 Å². The number of aryl methyl sites for hydroxylation is 2. The summed E-state index contributed by atoms with van der Waals surface area (Å²) in [6.45, 7) is 5.12. The summed E-state index contributed by atoms with van der Waals surface area (Å²) in [7, 11) is 0. The van der Waals surface area contributed by atoms with Crippen LogP contribution in [0.4, 0.5) is 5.82 Å². The maximum atomic E-state index is 4.48. The number of pyridine rings is 1. The first-order valence-electron chi connectivity index (χ1n) is 7.14. The molecule has 1 aromatic heterocycles. The molecule has 0 saturated carbocycles. The lowest BCUT2D eigenvalue weighted by Gasteiger charge is -2.08. The van der Waals surface area contributed by atoms with Crippen LogP contribution in [0.5, 0.6) is 0 Å². The number of nitrogens with one attached hydrogen (secondary N) is 1. The van der Waals surface area contributed by atoms with E-state index in [0.717, 1.165) is 29.0 Å². The van der Waals surface area contributed by atoms with E-state index in [4.69, 9.17) is 0 Å². The predicted molar refractivity (Wildman–Crippen MR) is 89.3 cm³/mol. The van der Waals surface area contributed by atoms with Crippen LogP contribution in [0.25, 0.3) is 0 Å². The minimum Gasteiger partial charge on any atom is -0.370 e. The van der Waals surface area contributed by atoms with Gasteiger partial charge in [-0.2, -0.15) is 0 Å². The van der Waals surface area contributed by atoms with Gasteiger partial charge in [0.1, 0.15) is 5.82 Å². The Morgan fingerprint density at radius 3 is 2.25 bits per heavy atom. The van der Waals surface area contributed by atoms with Gasteiger partial charge in [0.15, 0.2) is 0 Å². The molecule has 2 nitrogen and oxygen atoms in total. The Bertz CT molecular complexity index is 549. The van der Waals surface area contributed by atoms with Gasteiger partial charge in [-0.1, -0.05) is 37.6 Å². The van der Waals surface area contributed by atoms with E-state index in [1.165, 1.54) is 24.0 Å². The molecule has 0 fully saturated rings. The highest BCUT2D eigenvalue weighted by molar-refractivity contribution is 9.10. The van der Waals surface area contributed by atoms with Crippen molar-refractivity contribution < 1.29 is 0 Å². The molecule has 0 aliphatic carbocycles. The Labute approximate surface area is 129 Å². The maximum Gasteiger partial charge on any atom is 0.126 e. The van der Waals surface area contributed by atoms with E-state index in [1.54, 1.807) is 0 Å². The lowest BCUT2D eigenvalue weighted by molar-refractivity contribution is 0.918. The number of aromatic nitrogens is 1. The van der Waals surface area contributed by atoms with Crippen LogP contribution in [-0.4, -0.2) is 11.5 Å². The molecule has 0 spiro atoms. The summed E-state index contributed by atoms with van der Waals surface area (Å²) in [5, 5.41) is 3.37. The monoisotopic (exact) mass is 332 g/mol. The Hall–Kier alpha value is -1.35. The van der Waals surface area contributed by atoms with Gasteiger partial charge in [0.25, 0.3) is 0 Å². The highest BCUT2D eigenvalue weighted by atomic mass is 79.9. The molecular weight excluding hydrogens is 312 g/mol. The number of benzene rings is 1. The zero-order valence-corrected chi connectivity index (χ0v) is 13.7. The van der Waals surface area contributed by atoms with E-state index in [9.17, 15) is 0 Å². The summed E-state index contributed by atoms with van der Waals surface area (Å²) >= 11 is 3.46. The van der Waals surface area contributed by atoms with Gasteiger partial charge in [-0.15, -0.1) is 0 Å². The van der Waals surface area contributed by atoms with E-state index in [1.807, 2.05) is 19.1 Å². The summed E-state index contributed by atoms with van der Waals surface area (Å²) in [5.74, 6) is 0.938.